The normalized spacial score (nSPS) is 24.1. The smallest absolute Gasteiger partial charge is 0.121 e. The number of ether oxygens (including phenoxy) is 1. The monoisotopic (exact) mass is 292 g/mol. The van der Waals surface area contributed by atoms with Gasteiger partial charge in [0, 0.05) is 30.0 Å². The molecule has 0 amide bonds. The van der Waals surface area contributed by atoms with E-state index in [0.29, 0.717) is 22.7 Å². The number of hydrogen-bond acceptors (Lipinski definition) is 3. The van der Waals surface area contributed by atoms with Crippen molar-refractivity contribution in [1.29, 1.82) is 5.26 Å². The highest BCUT2D eigenvalue weighted by molar-refractivity contribution is 6.31. The zero-order chi connectivity index (χ0) is 14.9. The molecule has 2 unspecified atom stereocenters. The third kappa shape index (κ3) is 2.92. The van der Waals surface area contributed by atoms with E-state index < -0.39 is 0 Å². The summed E-state index contributed by atoms with van der Waals surface area (Å²) < 4.78 is 6.02. The molecule has 0 radical (unpaired) electrons. The number of nitriles is 1. The fourth-order valence-electron chi connectivity index (χ4n) is 2.59. The van der Waals surface area contributed by atoms with Crippen molar-refractivity contribution < 1.29 is 4.74 Å². The van der Waals surface area contributed by atoms with Gasteiger partial charge in [0.25, 0.3) is 0 Å². The summed E-state index contributed by atoms with van der Waals surface area (Å²) in [5.41, 5.74) is 0.566. The molecule has 3 nitrogen and oxygen atoms in total. The van der Waals surface area contributed by atoms with E-state index in [1.807, 2.05) is 6.07 Å². The van der Waals surface area contributed by atoms with E-state index in [0.717, 1.165) is 12.2 Å². The lowest BCUT2D eigenvalue weighted by Gasteiger charge is -2.52. The van der Waals surface area contributed by atoms with Crippen molar-refractivity contribution in [2.45, 2.75) is 52.3 Å². The van der Waals surface area contributed by atoms with Crippen LogP contribution >= 0.6 is 11.6 Å². The first kappa shape index (κ1) is 15.2. The predicted octanol–water partition coefficient (Wildman–Crippen LogP) is 3.76. The van der Waals surface area contributed by atoms with Crippen molar-refractivity contribution >= 4 is 11.6 Å². The van der Waals surface area contributed by atoms with Crippen LogP contribution in [0.15, 0.2) is 18.2 Å². The first-order valence-electron chi connectivity index (χ1n) is 6.97. The van der Waals surface area contributed by atoms with Crippen LogP contribution in [0.4, 0.5) is 0 Å². The van der Waals surface area contributed by atoms with Gasteiger partial charge in [0.15, 0.2) is 0 Å². The fourth-order valence-corrected chi connectivity index (χ4v) is 2.81. The molecule has 1 saturated carbocycles. The number of nitrogens with zero attached hydrogens (tertiary/aromatic N) is 1. The van der Waals surface area contributed by atoms with Crippen LogP contribution in [-0.2, 0) is 0 Å². The largest absolute Gasteiger partial charge is 0.490 e. The van der Waals surface area contributed by atoms with Crippen LogP contribution in [0, 0.1) is 16.7 Å². The van der Waals surface area contributed by atoms with Gasteiger partial charge in [0.2, 0.25) is 0 Å². The lowest BCUT2D eigenvalue weighted by molar-refractivity contribution is -0.0574. The summed E-state index contributed by atoms with van der Waals surface area (Å²) >= 11 is 6.03. The predicted molar refractivity (Wildman–Crippen MR) is 81.0 cm³/mol. The Balaban J connectivity index is 2.02. The minimum Gasteiger partial charge on any atom is -0.490 e. The summed E-state index contributed by atoms with van der Waals surface area (Å²) in [4.78, 5) is 0. The Bertz CT molecular complexity index is 534. The quantitative estimate of drug-likeness (QED) is 0.919. The molecule has 2 rings (SSSR count). The molecule has 1 fully saturated rings. The van der Waals surface area contributed by atoms with Crippen LogP contribution in [0.2, 0.25) is 5.02 Å². The number of nitrogens with one attached hydrogen (secondary N) is 1. The van der Waals surface area contributed by atoms with E-state index >= 15 is 0 Å². The lowest BCUT2D eigenvalue weighted by Crippen LogP contribution is -2.63. The van der Waals surface area contributed by atoms with Crippen molar-refractivity contribution in [2.24, 2.45) is 5.41 Å². The molecule has 108 valence electrons. The summed E-state index contributed by atoms with van der Waals surface area (Å²) in [5, 5.41) is 12.9. The molecule has 1 aromatic carbocycles. The molecular weight excluding hydrogens is 272 g/mol. The second-order valence-corrected chi connectivity index (χ2v) is 6.70. The van der Waals surface area contributed by atoms with Gasteiger partial charge < -0.3 is 10.1 Å². The average molecular weight is 293 g/mol. The van der Waals surface area contributed by atoms with Crippen LogP contribution in [0.1, 0.15) is 39.7 Å². The molecule has 1 aliphatic carbocycles. The van der Waals surface area contributed by atoms with Crippen molar-refractivity contribution in [3.05, 3.63) is 28.8 Å². The second kappa shape index (κ2) is 5.63. The first-order valence-corrected chi connectivity index (χ1v) is 7.34. The Kier molecular flexibility index (Phi) is 4.27. The summed E-state index contributed by atoms with van der Waals surface area (Å²) in [7, 11) is 0. The first-order chi connectivity index (χ1) is 9.34. The summed E-state index contributed by atoms with van der Waals surface area (Å²) in [6.45, 7) is 8.74. The molecule has 0 saturated heterocycles. The molecule has 0 aromatic heterocycles. The highest BCUT2D eigenvalue weighted by atomic mass is 35.5. The van der Waals surface area contributed by atoms with E-state index in [-0.39, 0.29) is 11.5 Å². The van der Waals surface area contributed by atoms with Gasteiger partial charge in [0.1, 0.15) is 17.9 Å². The van der Waals surface area contributed by atoms with Crippen molar-refractivity contribution in [3.63, 3.8) is 0 Å². The molecule has 2 atom stereocenters. The Morgan fingerprint density at radius 3 is 2.65 bits per heavy atom. The second-order valence-electron chi connectivity index (χ2n) is 6.29. The Morgan fingerprint density at radius 1 is 1.45 bits per heavy atom. The maximum Gasteiger partial charge on any atom is 0.121 e. The number of hydrogen-bond donors (Lipinski definition) is 1. The minimum atomic E-state index is 0.0879. The van der Waals surface area contributed by atoms with Gasteiger partial charge in [-0.05, 0) is 12.1 Å². The molecule has 4 heteroatoms. The van der Waals surface area contributed by atoms with E-state index in [2.05, 4.69) is 39.1 Å². The maximum atomic E-state index is 8.87. The molecule has 1 aromatic rings. The third-order valence-electron chi connectivity index (χ3n) is 4.05. The molecule has 0 heterocycles. The van der Waals surface area contributed by atoms with Crippen molar-refractivity contribution in [1.82, 2.24) is 5.32 Å². The van der Waals surface area contributed by atoms with Crippen LogP contribution in [0.25, 0.3) is 0 Å². The summed E-state index contributed by atoms with van der Waals surface area (Å²) in [6.07, 6.45) is 1.16. The highest BCUT2D eigenvalue weighted by Crippen LogP contribution is 2.43. The van der Waals surface area contributed by atoms with Crippen molar-refractivity contribution in [2.75, 3.05) is 0 Å². The SMILES string of the molecule is CC(C)NC1CC(Oc2ccc(C#N)c(Cl)c2)C1(C)C. The molecule has 0 bridgehead atoms. The molecule has 1 aliphatic rings. The van der Waals surface area contributed by atoms with Gasteiger partial charge in [-0.1, -0.05) is 39.3 Å². The van der Waals surface area contributed by atoms with E-state index in [1.165, 1.54) is 0 Å². The Labute approximate surface area is 125 Å². The topological polar surface area (TPSA) is 45.0 Å². The van der Waals surface area contributed by atoms with Crippen LogP contribution in [0.3, 0.4) is 0 Å². The molecule has 1 N–H and O–H groups in total. The highest BCUT2D eigenvalue weighted by Gasteiger charge is 2.49. The number of rotatable bonds is 4. The fraction of sp³-hybridized carbons (Fsp3) is 0.562. The lowest BCUT2D eigenvalue weighted by atomic mass is 9.64. The number of benzene rings is 1. The minimum absolute atomic E-state index is 0.0879. The van der Waals surface area contributed by atoms with Gasteiger partial charge >= 0.3 is 0 Å². The molecule has 0 spiro atoms. The number of halogens is 1. The zero-order valence-corrected chi connectivity index (χ0v) is 13.2. The summed E-state index contributed by atoms with van der Waals surface area (Å²) in [6, 6.07) is 8.23. The van der Waals surface area contributed by atoms with E-state index in [4.69, 9.17) is 21.6 Å². The van der Waals surface area contributed by atoms with Gasteiger partial charge in [-0.3, -0.25) is 0 Å². The summed E-state index contributed by atoms with van der Waals surface area (Å²) in [5.74, 6) is 0.732. The average Bonchev–Trinajstić information content (AvgIpc) is 2.37. The van der Waals surface area contributed by atoms with Crippen molar-refractivity contribution in [3.8, 4) is 11.8 Å². The third-order valence-corrected chi connectivity index (χ3v) is 4.36. The Morgan fingerprint density at radius 2 is 2.15 bits per heavy atom. The Hall–Kier alpha value is -1.24. The molecule has 0 aliphatic heterocycles. The molecule has 20 heavy (non-hydrogen) atoms. The van der Waals surface area contributed by atoms with E-state index in [9.17, 15) is 0 Å². The van der Waals surface area contributed by atoms with Crippen LogP contribution < -0.4 is 10.1 Å². The van der Waals surface area contributed by atoms with E-state index in [1.54, 1.807) is 12.1 Å². The van der Waals surface area contributed by atoms with Gasteiger partial charge in [-0.2, -0.15) is 5.26 Å². The maximum absolute atomic E-state index is 8.87. The van der Waals surface area contributed by atoms with Gasteiger partial charge in [-0.25, -0.2) is 0 Å². The van der Waals surface area contributed by atoms with Crippen LogP contribution in [0.5, 0.6) is 5.75 Å². The van der Waals surface area contributed by atoms with Gasteiger partial charge in [0.05, 0.1) is 10.6 Å². The standard InChI is InChI=1S/C16H21ClN2O/c1-10(2)19-14-8-15(16(14,3)4)20-12-6-5-11(9-18)13(17)7-12/h5-7,10,14-15,19H,8H2,1-4H3. The molecular formula is C16H21ClN2O. The van der Waals surface area contributed by atoms with Gasteiger partial charge in [-0.15, -0.1) is 0 Å². The zero-order valence-electron chi connectivity index (χ0n) is 12.4. The van der Waals surface area contributed by atoms with Crippen LogP contribution in [-0.4, -0.2) is 18.2 Å².